The summed E-state index contributed by atoms with van der Waals surface area (Å²) in [6.45, 7) is 4.71. The molecule has 0 radical (unpaired) electrons. The number of alkyl halides is 3. The Morgan fingerprint density at radius 1 is 1.15 bits per heavy atom. The molecule has 0 saturated carbocycles. The van der Waals surface area contributed by atoms with E-state index in [0.29, 0.717) is 25.2 Å². The summed E-state index contributed by atoms with van der Waals surface area (Å²) in [5.74, 6) is -0.791. The van der Waals surface area contributed by atoms with Crippen LogP contribution in [0.3, 0.4) is 0 Å². The Morgan fingerprint density at radius 2 is 1.87 bits per heavy atom. The second-order valence-electron chi connectivity index (χ2n) is 10.1. The number of aromatic nitrogens is 1. The van der Waals surface area contributed by atoms with Crippen molar-refractivity contribution in [1.82, 2.24) is 14.8 Å². The lowest BCUT2D eigenvalue weighted by molar-refractivity contribution is -0.137. The van der Waals surface area contributed by atoms with Crippen molar-refractivity contribution in [3.05, 3.63) is 83.3 Å². The molecule has 0 bridgehead atoms. The standard InChI is InChI=1S/C29H31F4N3O3/c1-18-14-36(19(2)17-37)28(38)25-12-22(21-5-4-6-23(11-21)29(31,32)33)13-34-27(25)39-26(18)16-35(3)15-20-7-9-24(30)10-8-20/h4-13,18-19,26,37H,14-17H2,1-3H3/t18-,19+,26-/m0/s1. The Labute approximate surface area is 224 Å². The van der Waals surface area contributed by atoms with Crippen molar-refractivity contribution < 1.29 is 32.2 Å². The Kier molecular flexibility index (Phi) is 8.56. The van der Waals surface area contributed by atoms with E-state index in [1.54, 1.807) is 24.0 Å². The van der Waals surface area contributed by atoms with E-state index in [9.17, 15) is 27.5 Å². The number of hydrogen-bond donors (Lipinski definition) is 1. The average Bonchev–Trinajstić information content (AvgIpc) is 2.91. The zero-order chi connectivity index (χ0) is 28.3. The highest BCUT2D eigenvalue weighted by Crippen LogP contribution is 2.34. The van der Waals surface area contributed by atoms with Gasteiger partial charge in [0, 0.05) is 37.3 Å². The third-order valence-electron chi connectivity index (χ3n) is 6.90. The number of rotatable bonds is 7. The Bertz CT molecular complexity index is 1300. The van der Waals surface area contributed by atoms with Crippen LogP contribution < -0.4 is 4.74 Å². The highest BCUT2D eigenvalue weighted by Gasteiger charge is 2.35. The molecule has 3 atom stereocenters. The number of carbonyl (C=O) groups excluding carboxylic acids is 1. The molecule has 1 aliphatic rings. The molecule has 2 heterocycles. The molecular weight excluding hydrogens is 514 g/mol. The van der Waals surface area contributed by atoms with E-state index in [-0.39, 0.29) is 35.3 Å². The Morgan fingerprint density at radius 3 is 2.54 bits per heavy atom. The number of hydrogen-bond acceptors (Lipinski definition) is 5. The summed E-state index contributed by atoms with van der Waals surface area (Å²) in [6, 6.07) is 12.1. The minimum Gasteiger partial charge on any atom is -0.472 e. The maximum absolute atomic E-state index is 13.6. The van der Waals surface area contributed by atoms with E-state index in [4.69, 9.17) is 4.74 Å². The summed E-state index contributed by atoms with van der Waals surface area (Å²) in [7, 11) is 1.91. The fourth-order valence-electron chi connectivity index (χ4n) is 4.63. The molecule has 0 unspecified atom stereocenters. The fraction of sp³-hybridized carbons (Fsp3) is 0.379. The number of halogens is 4. The lowest BCUT2D eigenvalue weighted by Crippen LogP contribution is -2.49. The number of likely N-dealkylation sites (N-methyl/N-ethyl adjacent to an activating group) is 1. The lowest BCUT2D eigenvalue weighted by Gasteiger charge is -2.37. The van der Waals surface area contributed by atoms with Gasteiger partial charge in [0.05, 0.1) is 18.2 Å². The van der Waals surface area contributed by atoms with Crippen LogP contribution in [0.4, 0.5) is 17.6 Å². The highest BCUT2D eigenvalue weighted by molar-refractivity contribution is 5.98. The highest BCUT2D eigenvalue weighted by atomic mass is 19.4. The van der Waals surface area contributed by atoms with Crippen LogP contribution in [0.5, 0.6) is 5.88 Å². The largest absolute Gasteiger partial charge is 0.472 e. The molecule has 39 heavy (non-hydrogen) atoms. The predicted molar refractivity (Wildman–Crippen MR) is 139 cm³/mol. The number of benzene rings is 2. The van der Waals surface area contributed by atoms with Gasteiger partial charge in [-0.25, -0.2) is 9.37 Å². The predicted octanol–water partition coefficient (Wildman–Crippen LogP) is 5.26. The molecule has 0 fully saturated rings. The number of aliphatic hydroxyl groups excluding tert-OH is 1. The first-order valence-electron chi connectivity index (χ1n) is 12.7. The van der Waals surface area contributed by atoms with Crippen molar-refractivity contribution in [3.63, 3.8) is 0 Å². The van der Waals surface area contributed by atoms with Crippen LogP contribution in [-0.4, -0.2) is 64.7 Å². The van der Waals surface area contributed by atoms with Crippen LogP contribution in [0.25, 0.3) is 11.1 Å². The number of nitrogens with zero attached hydrogens (tertiary/aromatic N) is 3. The maximum Gasteiger partial charge on any atom is 0.416 e. The molecule has 1 amide bonds. The van der Waals surface area contributed by atoms with E-state index in [1.165, 1.54) is 36.5 Å². The molecule has 0 spiro atoms. The van der Waals surface area contributed by atoms with Crippen LogP contribution in [0.2, 0.25) is 0 Å². The normalized spacial score (nSPS) is 18.8. The molecule has 1 N–H and O–H groups in total. The maximum atomic E-state index is 13.6. The van der Waals surface area contributed by atoms with Crippen molar-refractivity contribution in [2.24, 2.45) is 5.92 Å². The van der Waals surface area contributed by atoms with Gasteiger partial charge in [0.25, 0.3) is 5.91 Å². The van der Waals surface area contributed by atoms with Gasteiger partial charge in [0.1, 0.15) is 17.5 Å². The molecule has 1 aliphatic heterocycles. The van der Waals surface area contributed by atoms with Crippen molar-refractivity contribution >= 4 is 5.91 Å². The average molecular weight is 546 g/mol. The van der Waals surface area contributed by atoms with Gasteiger partial charge >= 0.3 is 6.18 Å². The summed E-state index contributed by atoms with van der Waals surface area (Å²) < 4.78 is 59.5. The van der Waals surface area contributed by atoms with Crippen LogP contribution in [0.15, 0.2) is 60.8 Å². The van der Waals surface area contributed by atoms with E-state index in [2.05, 4.69) is 4.98 Å². The second-order valence-corrected chi connectivity index (χ2v) is 10.1. The Hall–Kier alpha value is -3.50. The van der Waals surface area contributed by atoms with Gasteiger partial charge in [0.2, 0.25) is 5.88 Å². The van der Waals surface area contributed by atoms with Gasteiger partial charge in [-0.05, 0) is 55.4 Å². The fourth-order valence-corrected chi connectivity index (χ4v) is 4.63. The quantitative estimate of drug-likeness (QED) is 0.411. The molecule has 6 nitrogen and oxygen atoms in total. The molecule has 0 saturated heterocycles. The van der Waals surface area contributed by atoms with Gasteiger partial charge in [-0.1, -0.05) is 31.2 Å². The van der Waals surface area contributed by atoms with Crippen LogP contribution >= 0.6 is 0 Å². The number of carbonyl (C=O) groups is 1. The lowest BCUT2D eigenvalue weighted by atomic mass is 9.98. The summed E-state index contributed by atoms with van der Waals surface area (Å²) in [5, 5.41) is 9.85. The summed E-state index contributed by atoms with van der Waals surface area (Å²) in [5.41, 5.74) is 0.839. The first kappa shape index (κ1) is 28.5. The van der Waals surface area contributed by atoms with Crippen LogP contribution in [0.1, 0.15) is 35.3 Å². The van der Waals surface area contributed by atoms with E-state index < -0.39 is 29.8 Å². The first-order chi connectivity index (χ1) is 18.5. The molecule has 1 aromatic heterocycles. The van der Waals surface area contributed by atoms with Crippen LogP contribution in [0, 0.1) is 11.7 Å². The molecule has 4 rings (SSSR count). The summed E-state index contributed by atoms with van der Waals surface area (Å²) in [4.78, 5) is 21.6. The van der Waals surface area contributed by atoms with Gasteiger partial charge in [-0.15, -0.1) is 0 Å². The zero-order valence-electron chi connectivity index (χ0n) is 22.0. The van der Waals surface area contributed by atoms with Gasteiger partial charge in [0.15, 0.2) is 0 Å². The summed E-state index contributed by atoms with van der Waals surface area (Å²) in [6.07, 6.45) is -3.52. The van der Waals surface area contributed by atoms with Crippen molar-refractivity contribution in [2.75, 3.05) is 26.7 Å². The number of ether oxygens (including phenoxy) is 1. The van der Waals surface area contributed by atoms with Crippen LogP contribution in [-0.2, 0) is 12.7 Å². The molecule has 0 aliphatic carbocycles. The first-order valence-corrected chi connectivity index (χ1v) is 12.7. The Balaban J connectivity index is 1.67. The van der Waals surface area contributed by atoms with E-state index >= 15 is 0 Å². The molecule has 10 heteroatoms. The molecule has 208 valence electrons. The number of fused-ring (bicyclic) bond motifs is 1. The molecule has 2 aromatic carbocycles. The SMILES string of the molecule is C[C@H](CO)N1C[C@H](C)[C@H](CN(C)Cc2ccc(F)cc2)Oc2ncc(-c3cccc(C(F)(F)F)c3)cc2C1=O. The van der Waals surface area contributed by atoms with Gasteiger partial charge in [-0.3, -0.25) is 9.69 Å². The number of aliphatic hydroxyl groups is 1. The zero-order valence-corrected chi connectivity index (χ0v) is 22.0. The van der Waals surface area contributed by atoms with E-state index in [0.717, 1.165) is 17.7 Å². The third-order valence-corrected chi connectivity index (χ3v) is 6.90. The minimum absolute atomic E-state index is 0.0811. The molecular formula is C29H31F4N3O3. The van der Waals surface area contributed by atoms with Gasteiger partial charge in [-0.2, -0.15) is 13.2 Å². The summed E-state index contributed by atoms with van der Waals surface area (Å²) >= 11 is 0. The van der Waals surface area contributed by atoms with E-state index in [1.807, 2.05) is 18.9 Å². The number of pyridine rings is 1. The van der Waals surface area contributed by atoms with Crippen molar-refractivity contribution in [2.45, 2.75) is 38.7 Å². The van der Waals surface area contributed by atoms with Crippen molar-refractivity contribution in [1.29, 1.82) is 0 Å². The molecule has 3 aromatic rings. The topological polar surface area (TPSA) is 65.9 Å². The smallest absolute Gasteiger partial charge is 0.416 e. The van der Waals surface area contributed by atoms with Gasteiger partial charge < -0.3 is 14.7 Å². The second kappa shape index (κ2) is 11.7. The monoisotopic (exact) mass is 545 g/mol. The minimum atomic E-state index is -4.51. The third kappa shape index (κ3) is 6.75. The van der Waals surface area contributed by atoms with Crippen molar-refractivity contribution in [3.8, 4) is 17.0 Å². The number of amides is 1.